The molecule has 8 nitrogen and oxygen atoms in total. The number of hydrogen-bond donors (Lipinski definition) is 2. The number of amides is 1. The van der Waals surface area contributed by atoms with Crippen molar-refractivity contribution in [3.63, 3.8) is 0 Å². The minimum Gasteiger partial charge on any atom is -0.380 e. The van der Waals surface area contributed by atoms with Gasteiger partial charge in [-0.3, -0.25) is 14.5 Å². The van der Waals surface area contributed by atoms with E-state index >= 15 is 0 Å². The van der Waals surface area contributed by atoms with E-state index in [0.717, 1.165) is 0 Å². The first-order valence-corrected chi connectivity index (χ1v) is 8.84. The van der Waals surface area contributed by atoms with Gasteiger partial charge in [-0.2, -0.15) is 0 Å². The molecule has 0 bridgehead atoms. The lowest BCUT2D eigenvalue weighted by atomic mass is 10.2. The Hall–Kier alpha value is -2.29. The molecule has 0 aliphatic carbocycles. The zero-order valence-corrected chi connectivity index (χ0v) is 14.9. The average molecular weight is 360 g/mol. The van der Waals surface area contributed by atoms with Crippen LogP contribution in [0.25, 0.3) is 10.9 Å². The molecule has 1 fully saturated rings. The number of aromatic nitrogens is 2. The number of para-hydroxylation sites is 1. The summed E-state index contributed by atoms with van der Waals surface area (Å²) in [5.74, 6) is 0.445. The van der Waals surface area contributed by atoms with Crippen LogP contribution in [0.1, 0.15) is 12.7 Å². The van der Waals surface area contributed by atoms with Crippen LogP contribution in [-0.2, 0) is 20.8 Å². The SMILES string of the molecule is CCOCCNC(=O)[C@@H]1CN(Cc2nc3ccccc3c(=O)[nH]2)CCO1. The topological polar surface area (TPSA) is 96.5 Å². The predicted octanol–water partition coefficient (Wildman–Crippen LogP) is 0.277. The van der Waals surface area contributed by atoms with Crippen LogP contribution in [0.4, 0.5) is 0 Å². The number of aromatic amines is 1. The van der Waals surface area contributed by atoms with Gasteiger partial charge in [0.25, 0.3) is 11.5 Å². The van der Waals surface area contributed by atoms with Crippen LogP contribution in [0, 0.1) is 0 Å². The van der Waals surface area contributed by atoms with Crippen molar-refractivity contribution in [2.45, 2.75) is 19.6 Å². The third-order valence-electron chi connectivity index (χ3n) is 4.23. The van der Waals surface area contributed by atoms with Gasteiger partial charge >= 0.3 is 0 Å². The van der Waals surface area contributed by atoms with E-state index in [-0.39, 0.29) is 11.5 Å². The summed E-state index contributed by atoms with van der Waals surface area (Å²) in [7, 11) is 0. The van der Waals surface area contributed by atoms with Crippen molar-refractivity contribution in [1.82, 2.24) is 20.2 Å². The number of benzene rings is 1. The number of ether oxygens (including phenoxy) is 2. The van der Waals surface area contributed by atoms with Crippen molar-refractivity contribution in [3.8, 4) is 0 Å². The second kappa shape index (κ2) is 8.88. The third-order valence-corrected chi connectivity index (χ3v) is 4.23. The van der Waals surface area contributed by atoms with E-state index in [0.29, 0.717) is 62.7 Å². The number of nitrogens with one attached hydrogen (secondary N) is 2. The summed E-state index contributed by atoms with van der Waals surface area (Å²) in [6, 6.07) is 7.25. The smallest absolute Gasteiger partial charge is 0.258 e. The molecule has 26 heavy (non-hydrogen) atoms. The lowest BCUT2D eigenvalue weighted by molar-refractivity contribution is -0.139. The number of carbonyl (C=O) groups is 1. The number of morpholine rings is 1. The molecule has 0 radical (unpaired) electrons. The Morgan fingerprint density at radius 1 is 1.46 bits per heavy atom. The van der Waals surface area contributed by atoms with E-state index < -0.39 is 6.10 Å². The lowest BCUT2D eigenvalue weighted by Gasteiger charge is -2.31. The molecule has 1 aliphatic heterocycles. The highest BCUT2D eigenvalue weighted by atomic mass is 16.5. The van der Waals surface area contributed by atoms with Crippen molar-refractivity contribution in [3.05, 3.63) is 40.4 Å². The highest BCUT2D eigenvalue weighted by Crippen LogP contribution is 2.10. The fourth-order valence-electron chi connectivity index (χ4n) is 2.93. The van der Waals surface area contributed by atoms with Crippen LogP contribution >= 0.6 is 0 Å². The molecule has 0 saturated carbocycles. The molecule has 0 unspecified atom stereocenters. The third kappa shape index (κ3) is 4.66. The Balaban J connectivity index is 1.60. The molecule has 0 spiro atoms. The molecule has 2 heterocycles. The van der Waals surface area contributed by atoms with Gasteiger partial charge in [0.2, 0.25) is 0 Å². The first kappa shape index (κ1) is 18.5. The molecule has 1 saturated heterocycles. The Morgan fingerprint density at radius 3 is 3.15 bits per heavy atom. The monoisotopic (exact) mass is 360 g/mol. The molecule has 1 atom stereocenters. The molecule has 140 valence electrons. The number of carbonyl (C=O) groups excluding carboxylic acids is 1. The van der Waals surface area contributed by atoms with Crippen molar-refractivity contribution >= 4 is 16.8 Å². The zero-order valence-electron chi connectivity index (χ0n) is 14.9. The predicted molar refractivity (Wildman–Crippen MR) is 96.9 cm³/mol. The van der Waals surface area contributed by atoms with Gasteiger partial charge in [-0.1, -0.05) is 12.1 Å². The average Bonchev–Trinajstić information content (AvgIpc) is 2.65. The van der Waals surface area contributed by atoms with Gasteiger partial charge in [0.1, 0.15) is 11.9 Å². The van der Waals surface area contributed by atoms with Crippen LogP contribution in [0.2, 0.25) is 0 Å². The molecule has 3 rings (SSSR count). The maximum Gasteiger partial charge on any atom is 0.258 e. The molecule has 1 aliphatic rings. The van der Waals surface area contributed by atoms with Crippen LogP contribution < -0.4 is 10.9 Å². The Labute approximate surface area is 151 Å². The second-order valence-corrected chi connectivity index (χ2v) is 6.11. The first-order chi connectivity index (χ1) is 12.7. The van der Waals surface area contributed by atoms with Crippen LogP contribution in [-0.4, -0.2) is 66.3 Å². The van der Waals surface area contributed by atoms with Crippen LogP contribution in [0.15, 0.2) is 29.1 Å². The van der Waals surface area contributed by atoms with Crippen molar-refractivity contribution in [2.24, 2.45) is 0 Å². The van der Waals surface area contributed by atoms with Gasteiger partial charge in [-0.05, 0) is 19.1 Å². The lowest BCUT2D eigenvalue weighted by Crippen LogP contribution is -2.50. The summed E-state index contributed by atoms with van der Waals surface area (Å²) in [5, 5.41) is 3.39. The normalized spacial score (nSPS) is 18.1. The summed E-state index contributed by atoms with van der Waals surface area (Å²) in [4.78, 5) is 33.8. The number of nitrogens with zero attached hydrogens (tertiary/aromatic N) is 2. The van der Waals surface area contributed by atoms with Gasteiger partial charge < -0.3 is 19.8 Å². The molecular weight excluding hydrogens is 336 g/mol. The summed E-state index contributed by atoms with van der Waals surface area (Å²) >= 11 is 0. The summed E-state index contributed by atoms with van der Waals surface area (Å²) < 4.78 is 10.8. The van der Waals surface area contributed by atoms with Crippen LogP contribution in [0.3, 0.4) is 0 Å². The van der Waals surface area contributed by atoms with Gasteiger partial charge in [-0.25, -0.2) is 4.98 Å². The standard InChI is InChI=1S/C18H24N4O4/c1-2-25-9-7-19-18(24)15-11-22(8-10-26-15)12-16-20-14-6-4-3-5-13(14)17(23)21-16/h3-6,15H,2,7-12H2,1H3,(H,19,24)(H,20,21,23)/t15-/m0/s1. The fourth-order valence-corrected chi connectivity index (χ4v) is 2.93. The largest absolute Gasteiger partial charge is 0.380 e. The Bertz CT molecular complexity index is 807. The Kier molecular flexibility index (Phi) is 6.32. The van der Waals surface area contributed by atoms with Gasteiger partial charge in [0, 0.05) is 26.2 Å². The molecule has 8 heteroatoms. The quantitative estimate of drug-likeness (QED) is 0.689. The first-order valence-electron chi connectivity index (χ1n) is 8.84. The van der Waals surface area contributed by atoms with Gasteiger partial charge in [0.05, 0.1) is 30.7 Å². The molecule has 1 aromatic heterocycles. The maximum atomic E-state index is 12.2. The van der Waals surface area contributed by atoms with E-state index in [1.54, 1.807) is 6.07 Å². The zero-order chi connectivity index (χ0) is 18.4. The molecule has 1 amide bonds. The summed E-state index contributed by atoms with van der Waals surface area (Å²) in [5.41, 5.74) is 0.522. The second-order valence-electron chi connectivity index (χ2n) is 6.11. The minimum atomic E-state index is -0.530. The van der Waals surface area contributed by atoms with Crippen molar-refractivity contribution in [1.29, 1.82) is 0 Å². The van der Waals surface area contributed by atoms with E-state index in [4.69, 9.17) is 9.47 Å². The van der Waals surface area contributed by atoms with Crippen molar-refractivity contribution < 1.29 is 14.3 Å². The number of H-pyrrole nitrogens is 1. The highest BCUT2D eigenvalue weighted by Gasteiger charge is 2.26. The van der Waals surface area contributed by atoms with Crippen LogP contribution in [0.5, 0.6) is 0 Å². The summed E-state index contributed by atoms with van der Waals surface area (Å²) in [6.45, 7) is 5.55. The van der Waals surface area contributed by atoms with E-state index in [2.05, 4.69) is 20.2 Å². The van der Waals surface area contributed by atoms with Crippen molar-refractivity contribution in [2.75, 3.05) is 39.5 Å². The highest BCUT2D eigenvalue weighted by molar-refractivity contribution is 5.81. The fraction of sp³-hybridized carbons (Fsp3) is 0.500. The van der Waals surface area contributed by atoms with Gasteiger partial charge in [0.15, 0.2) is 0 Å². The number of fused-ring (bicyclic) bond motifs is 1. The molecule has 2 N–H and O–H groups in total. The Morgan fingerprint density at radius 2 is 2.31 bits per heavy atom. The van der Waals surface area contributed by atoms with E-state index in [1.807, 2.05) is 25.1 Å². The number of hydrogen-bond acceptors (Lipinski definition) is 6. The number of rotatable bonds is 7. The molecule has 1 aromatic carbocycles. The minimum absolute atomic E-state index is 0.144. The molecular formula is C18H24N4O4. The van der Waals surface area contributed by atoms with E-state index in [1.165, 1.54) is 0 Å². The molecule has 2 aromatic rings. The maximum absolute atomic E-state index is 12.2. The summed E-state index contributed by atoms with van der Waals surface area (Å²) in [6.07, 6.45) is -0.530. The van der Waals surface area contributed by atoms with E-state index in [9.17, 15) is 9.59 Å². The van der Waals surface area contributed by atoms with Gasteiger partial charge in [-0.15, -0.1) is 0 Å².